The Balaban J connectivity index is 1.29. The Morgan fingerprint density at radius 3 is 2.52 bits per heavy atom. The molecule has 2 aliphatic rings. The van der Waals surface area contributed by atoms with E-state index in [0.717, 1.165) is 42.8 Å². The van der Waals surface area contributed by atoms with Crippen LogP contribution in [0.15, 0.2) is 36.8 Å². The highest BCUT2D eigenvalue weighted by Gasteiger charge is 2.43. The van der Waals surface area contributed by atoms with E-state index in [4.69, 9.17) is 0 Å². The molecular formula is C25H32FN7. The molecule has 8 heteroatoms. The van der Waals surface area contributed by atoms with Crippen molar-refractivity contribution in [1.29, 1.82) is 0 Å². The van der Waals surface area contributed by atoms with Gasteiger partial charge in [-0.25, -0.2) is 14.4 Å². The van der Waals surface area contributed by atoms with E-state index in [1.54, 1.807) is 6.20 Å². The number of halogens is 1. The largest absolute Gasteiger partial charge is 0.369 e. The molecule has 2 aromatic heterocycles. The predicted octanol–water partition coefficient (Wildman–Crippen LogP) is 4.64. The van der Waals surface area contributed by atoms with Crippen molar-refractivity contribution in [3.63, 3.8) is 0 Å². The first-order chi connectivity index (χ1) is 15.8. The molecule has 2 aliphatic heterocycles. The second-order valence-electron chi connectivity index (χ2n) is 9.98. The molecule has 0 unspecified atom stereocenters. The molecule has 33 heavy (non-hydrogen) atoms. The Morgan fingerprint density at radius 1 is 1.12 bits per heavy atom. The Bertz CT molecular complexity index is 1140. The van der Waals surface area contributed by atoms with Crippen LogP contribution >= 0.6 is 0 Å². The van der Waals surface area contributed by atoms with Gasteiger partial charge in [0.25, 0.3) is 0 Å². The molecule has 0 atom stereocenters. The van der Waals surface area contributed by atoms with Gasteiger partial charge in [0.15, 0.2) is 0 Å². The van der Waals surface area contributed by atoms with E-state index in [1.165, 1.54) is 19.2 Å². The average Bonchev–Trinajstić information content (AvgIpc) is 3.26. The first kappa shape index (κ1) is 21.8. The number of hydrogen-bond acceptors (Lipinski definition) is 6. The molecule has 2 saturated heterocycles. The first-order valence-electron chi connectivity index (χ1n) is 11.7. The number of nitrogens with zero attached hydrogens (tertiary/aromatic N) is 6. The Kier molecular flexibility index (Phi) is 5.56. The minimum Gasteiger partial charge on any atom is -0.369 e. The van der Waals surface area contributed by atoms with E-state index in [9.17, 15) is 0 Å². The van der Waals surface area contributed by atoms with Crippen LogP contribution < -0.4 is 10.2 Å². The van der Waals surface area contributed by atoms with Gasteiger partial charge < -0.3 is 15.1 Å². The number of likely N-dealkylation sites (tertiary alicyclic amines) is 1. The molecule has 0 radical (unpaired) electrons. The molecule has 2 fully saturated rings. The average molecular weight is 450 g/mol. The summed E-state index contributed by atoms with van der Waals surface area (Å²) in [6.07, 6.45) is 7.85. The van der Waals surface area contributed by atoms with Crippen LogP contribution in [0.4, 0.5) is 21.7 Å². The summed E-state index contributed by atoms with van der Waals surface area (Å²) in [5.74, 6) is 0.223. The molecule has 0 aliphatic carbocycles. The fraction of sp³-hybridized carbons (Fsp3) is 0.480. The molecule has 1 spiro atoms. The summed E-state index contributed by atoms with van der Waals surface area (Å²) < 4.78 is 16.9. The van der Waals surface area contributed by atoms with Gasteiger partial charge >= 0.3 is 0 Å². The van der Waals surface area contributed by atoms with Gasteiger partial charge in [0.2, 0.25) is 5.95 Å². The van der Waals surface area contributed by atoms with Crippen molar-refractivity contribution in [2.45, 2.75) is 39.7 Å². The highest BCUT2D eigenvalue weighted by molar-refractivity contribution is 5.65. The molecule has 0 saturated carbocycles. The summed E-state index contributed by atoms with van der Waals surface area (Å²) in [6.45, 7) is 10.3. The fourth-order valence-electron chi connectivity index (χ4n) is 5.14. The van der Waals surface area contributed by atoms with Crippen molar-refractivity contribution in [2.75, 3.05) is 43.4 Å². The van der Waals surface area contributed by atoms with Crippen molar-refractivity contribution in [3.05, 3.63) is 48.2 Å². The van der Waals surface area contributed by atoms with Crippen LogP contribution in [0.1, 0.15) is 38.3 Å². The van der Waals surface area contributed by atoms with Gasteiger partial charge in [0, 0.05) is 55.9 Å². The van der Waals surface area contributed by atoms with Gasteiger partial charge in [-0.3, -0.25) is 4.68 Å². The number of anilines is 3. The molecule has 1 N–H and O–H groups in total. The third kappa shape index (κ3) is 4.31. The summed E-state index contributed by atoms with van der Waals surface area (Å²) in [4.78, 5) is 13.6. The van der Waals surface area contributed by atoms with E-state index in [0.29, 0.717) is 22.7 Å². The molecule has 4 heterocycles. The molecule has 7 nitrogen and oxygen atoms in total. The van der Waals surface area contributed by atoms with E-state index in [2.05, 4.69) is 51.1 Å². The molecular weight excluding hydrogens is 417 g/mol. The van der Waals surface area contributed by atoms with Crippen molar-refractivity contribution in [2.24, 2.45) is 5.41 Å². The van der Waals surface area contributed by atoms with E-state index >= 15 is 4.39 Å². The van der Waals surface area contributed by atoms with Crippen LogP contribution in [0.3, 0.4) is 0 Å². The summed E-state index contributed by atoms with van der Waals surface area (Å²) in [5, 5.41) is 7.58. The van der Waals surface area contributed by atoms with Gasteiger partial charge in [-0.05, 0) is 69.8 Å². The second kappa shape index (κ2) is 8.41. The maximum atomic E-state index is 15.0. The highest BCUT2D eigenvalue weighted by atomic mass is 19.1. The lowest BCUT2D eigenvalue weighted by molar-refractivity contribution is 0.00123. The minimum absolute atomic E-state index is 0.216. The van der Waals surface area contributed by atoms with Crippen LogP contribution in [0.25, 0.3) is 11.3 Å². The topological polar surface area (TPSA) is 62.1 Å². The normalized spacial score (nSPS) is 18.1. The van der Waals surface area contributed by atoms with Crippen molar-refractivity contribution in [3.8, 4) is 11.3 Å². The molecule has 174 valence electrons. The minimum atomic E-state index is -0.216. The lowest BCUT2D eigenvalue weighted by atomic mass is 9.72. The number of aromatic nitrogens is 4. The van der Waals surface area contributed by atoms with Crippen molar-refractivity contribution < 1.29 is 4.39 Å². The first-order valence-corrected chi connectivity index (χ1v) is 11.7. The maximum Gasteiger partial charge on any atom is 0.227 e. The zero-order valence-electron chi connectivity index (χ0n) is 19.8. The van der Waals surface area contributed by atoms with Crippen LogP contribution in [-0.2, 0) is 0 Å². The van der Waals surface area contributed by atoms with Crippen LogP contribution in [-0.4, -0.2) is 57.9 Å². The Morgan fingerprint density at radius 2 is 1.88 bits per heavy atom. The highest BCUT2D eigenvalue weighted by Crippen LogP contribution is 2.41. The smallest absolute Gasteiger partial charge is 0.227 e. The molecule has 3 aromatic rings. The number of benzene rings is 1. The predicted molar refractivity (Wildman–Crippen MR) is 129 cm³/mol. The Labute approximate surface area is 194 Å². The van der Waals surface area contributed by atoms with Crippen LogP contribution in [0.2, 0.25) is 0 Å². The van der Waals surface area contributed by atoms with E-state index in [1.807, 2.05) is 36.1 Å². The number of hydrogen-bond donors (Lipinski definition) is 1. The van der Waals surface area contributed by atoms with Gasteiger partial charge in [0.05, 0.1) is 17.6 Å². The number of piperidine rings is 1. The molecule has 0 amide bonds. The monoisotopic (exact) mass is 449 g/mol. The molecule has 0 bridgehead atoms. The van der Waals surface area contributed by atoms with Crippen molar-refractivity contribution in [1.82, 2.24) is 24.6 Å². The summed E-state index contributed by atoms with van der Waals surface area (Å²) in [6, 6.07) is 5.58. The summed E-state index contributed by atoms with van der Waals surface area (Å²) >= 11 is 0. The lowest BCUT2D eigenvalue weighted by Crippen LogP contribution is -2.58. The third-order valence-electron chi connectivity index (χ3n) is 6.96. The van der Waals surface area contributed by atoms with E-state index < -0.39 is 0 Å². The zero-order chi connectivity index (χ0) is 23.2. The summed E-state index contributed by atoms with van der Waals surface area (Å²) in [5.41, 5.74) is 4.49. The van der Waals surface area contributed by atoms with Crippen LogP contribution in [0, 0.1) is 18.2 Å². The quantitative estimate of drug-likeness (QED) is 0.612. The number of aryl methyl sites for hydroxylation is 1. The zero-order valence-corrected chi connectivity index (χ0v) is 19.8. The number of rotatable bonds is 5. The molecule has 1 aromatic carbocycles. The van der Waals surface area contributed by atoms with Crippen LogP contribution in [0.5, 0.6) is 0 Å². The molecule has 5 rings (SSSR count). The standard InChI is InChI=1S/C25H32FN7/c1-17(2)33-14-19(13-28-33)23-18(3)12-27-24(30-23)29-20-5-6-22(21(26)11-20)32-9-7-25(8-10-32)15-31(4)16-25/h5-6,11-14,17H,7-10,15-16H2,1-4H3,(H,27,29,30). The third-order valence-corrected chi connectivity index (χ3v) is 6.96. The fourth-order valence-corrected chi connectivity index (χ4v) is 5.14. The van der Waals surface area contributed by atoms with Gasteiger partial charge in [-0.15, -0.1) is 0 Å². The number of nitrogens with one attached hydrogen (secondary N) is 1. The van der Waals surface area contributed by atoms with E-state index in [-0.39, 0.29) is 11.9 Å². The van der Waals surface area contributed by atoms with Gasteiger partial charge in [-0.1, -0.05) is 0 Å². The SMILES string of the molecule is Cc1cnc(Nc2ccc(N3CCC4(CC3)CN(C)C4)c(F)c2)nc1-c1cnn(C(C)C)c1. The second-order valence-corrected chi connectivity index (χ2v) is 9.98. The maximum absolute atomic E-state index is 15.0. The van der Waals surface area contributed by atoms with Gasteiger partial charge in [-0.2, -0.15) is 5.10 Å². The Hall–Kier alpha value is -3.00. The van der Waals surface area contributed by atoms with Gasteiger partial charge in [0.1, 0.15) is 5.82 Å². The lowest BCUT2D eigenvalue weighted by Gasteiger charge is -2.53. The van der Waals surface area contributed by atoms with Crippen molar-refractivity contribution >= 4 is 17.3 Å². The summed E-state index contributed by atoms with van der Waals surface area (Å²) in [7, 11) is 2.17.